The van der Waals surface area contributed by atoms with E-state index in [1.807, 2.05) is 0 Å². The van der Waals surface area contributed by atoms with E-state index in [4.69, 9.17) is 4.42 Å². The molecule has 0 spiro atoms. The van der Waals surface area contributed by atoms with E-state index in [-0.39, 0.29) is 11.7 Å². The van der Waals surface area contributed by atoms with Crippen LogP contribution in [0.5, 0.6) is 0 Å². The number of hydrogen-bond acceptors (Lipinski definition) is 3. The van der Waals surface area contributed by atoms with E-state index in [9.17, 15) is 9.18 Å². The van der Waals surface area contributed by atoms with E-state index in [0.717, 1.165) is 0 Å². The van der Waals surface area contributed by atoms with E-state index < -0.39 is 5.76 Å². The number of fused-ring (bicyclic) bond motifs is 1. The predicted molar refractivity (Wildman–Crippen MR) is 54.4 cm³/mol. The first-order valence-corrected chi connectivity index (χ1v) is 4.57. The van der Waals surface area contributed by atoms with Crippen molar-refractivity contribution < 1.29 is 8.81 Å². The second-order valence-corrected chi connectivity index (χ2v) is 3.28. The largest absolute Gasteiger partial charge is 0.434 e. The summed E-state index contributed by atoms with van der Waals surface area (Å²) in [6.07, 6.45) is 1.55. The van der Waals surface area contributed by atoms with E-state index >= 15 is 0 Å². The molecule has 0 saturated heterocycles. The summed E-state index contributed by atoms with van der Waals surface area (Å²) >= 11 is 0. The molecule has 2 aromatic heterocycles. The fourth-order valence-electron chi connectivity index (χ4n) is 1.65. The van der Waals surface area contributed by atoms with Crippen LogP contribution in [0.3, 0.4) is 0 Å². The van der Waals surface area contributed by atoms with Gasteiger partial charge in [-0.15, -0.1) is 5.10 Å². The lowest BCUT2D eigenvalue weighted by atomic mass is 10.1. The molecule has 1 aromatic carbocycles. The normalized spacial score (nSPS) is 11.1. The molecule has 0 fully saturated rings. The molecule has 16 heavy (non-hydrogen) atoms. The molecular formula is C10H6FN3O2. The van der Waals surface area contributed by atoms with Gasteiger partial charge in [0.2, 0.25) is 0 Å². The molecule has 0 radical (unpaired) electrons. The Morgan fingerprint density at radius 1 is 1.38 bits per heavy atom. The maximum atomic E-state index is 13.6. The SMILES string of the molecule is O=c1[nH]nc(-c2c[nH]c3cccc(F)c23)o1. The standard InChI is InChI=1S/C10H6FN3O2/c11-6-2-1-3-7-8(6)5(4-12-7)9-13-14-10(15)16-9/h1-4,12H,(H,14,15). The molecule has 0 atom stereocenters. The molecule has 0 aliphatic heterocycles. The van der Waals surface area contributed by atoms with E-state index in [1.165, 1.54) is 6.07 Å². The Labute approximate surface area is 87.9 Å². The zero-order valence-corrected chi connectivity index (χ0v) is 7.95. The Morgan fingerprint density at radius 2 is 2.25 bits per heavy atom. The van der Waals surface area contributed by atoms with Crippen molar-refractivity contribution in [3.05, 3.63) is 40.8 Å². The number of halogens is 1. The first-order chi connectivity index (χ1) is 7.75. The van der Waals surface area contributed by atoms with Crippen LogP contribution in [0.25, 0.3) is 22.4 Å². The minimum Gasteiger partial charge on any atom is -0.388 e. The van der Waals surface area contributed by atoms with Crippen LogP contribution in [-0.2, 0) is 0 Å². The van der Waals surface area contributed by atoms with Crippen molar-refractivity contribution in [1.29, 1.82) is 0 Å². The summed E-state index contributed by atoms with van der Waals surface area (Å²) in [6, 6.07) is 4.66. The minimum absolute atomic E-state index is 0.0707. The van der Waals surface area contributed by atoms with Gasteiger partial charge in [0, 0.05) is 17.1 Å². The second-order valence-electron chi connectivity index (χ2n) is 3.28. The van der Waals surface area contributed by atoms with Crippen LogP contribution >= 0.6 is 0 Å². The summed E-state index contributed by atoms with van der Waals surface area (Å²) in [6.45, 7) is 0. The average Bonchev–Trinajstić information content (AvgIpc) is 2.84. The van der Waals surface area contributed by atoms with Gasteiger partial charge in [-0.2, -0.15) is 0 Å². The molecule has 6 heteroatoms. The second kappa shape index (κ2) is 3.06. The average molecular weight is 219 g/mol. The molecule has 3 rings (SSSR count). The molecular weight excluding hydrogens is 213 g/mol. The number of rotatable bonds is 1. The highest BCUT2D eigenvalue weighted by Crippen LogP contribution is 2.28. The number of aromatic amines is 2. The molecule has 5 nitrogen and oxygen atoms in total. The van der Waals surface area contributed by atoms with Crippen LogP contribution in [0.15, 0.2) is 33.6 Å². The monoisotopic (exact) mass is 219 g/mol. The van der Waals surface area contributed by atoms with Crippen molar-refractivity contribution in [2.45, 2.75) is 0 Å². The van der Waals surface area contributed by atoms with Gasteiger partial charge < -0.3 is 9.40 Å². The Bertz CT molecular complexity index is 710. The zero-order chi connectivity index (χ0) is 11.1. The van der Waals surface area contributed by atoms with Crippen molar-refractivity contribution in [2.24, 2.45) is 0 Å². The van der Waals surface area contributed by atoms with Gasteiger partial charge in [0.1, 0.15) is 5.82 Å². The van der Waals surface area contributed by atoms with E-state index in [1.54, 1.807) is 18.3 Å². The smallest absolute Gasteiger partial charge is 0.388 e. The maximum Gasteiger partial charge on any atom is 0.434 e. The molecule has 0 bridgehead atoms. The van der Waals surface area contributed by atoms with Gasteiger partial charge in [-0.05, 0) is 12.1 Å². The first kappa shape index (κ1) is 8.90. The Morgan fingerprint density at radius 3 is 3.00 bits per heavy atom. The summed E-state index contributed by atoms with van der Waals surface area (Å²) in [5.74, 6) is -0.985. The predicted octanol–water partition coefficient (Wildman–Crippen LogP) is 1.65. The van der Waals surface area contributed by atoms with Crippen LogP contribution in [0.4, 0.5) is 4.39 Å². The number of nitrogens with zero attached hydrogens (tertiary/aromatic N) is 1. The van der Waals surface area contributed by atoms with Crippen LogP contribution in [0.2, 0.25) is 0 Å². The highest BCUT2D eigenvalue weighted by Gasteiger charge is 2.14. The van der Waals surface area contributed by atoms with Crippen molar-refractivity contribution in [3.63, 3.8) is 0 Å². The van der Waals surface area contributed by atoms with E-state index in [0.29, 0.717) is 16.5 Å². The van der Waals surface area contributed by atoms with Gasteiger partial charge in [-0.3, -0.25) is 0 Å². The summed E-state index contributed by atoms with van der Waals surface area (Å²) in [4.78, 5) is 13.7. The van der Waals surface area contributed by atoms with Crippen LogP contribution in [-0.4, -0.2) is 15.2 Å². The minimum atomic E-state index is -0.666. The summed E-state index contributed by atoms with van der Waals surface area (Å²) < 4.78 is 18.4. The number of benzene rings is 1. The number of H-pyrrole nitrogens is 2. The molecule has 80 valence electrons. The van der Waals surface area contributed by atoms with Gasteiger partial charge in [0.25, 0.3) is 5.89 Å². The third-order valence-corrected chi connectivity index (χ3v) is 2.32. The van der Waals surface area contributed by atoms with Gasteiger partial charge >= 0.3 is 5.76 Å². The highest BCUT2D eigenvalue weighted by molar-refractivity contribution is 5.93. The van der Waals surface area contributed by atoms with Gasteiger partial charge in [-0.25, -0.2) is 14.3 Å². The van der Waals surface area contributed by atoms with Crippen molar-refractivity contribution in [1.82, 2.24) is 15.2 Å². The molecule has 0 amide bonds. The molecule has 0 aliphatic rings. The first-order valence-electron chi connectivity index (χ1n) is 4.57. The Kier molecular flexibility index (Phi) is 1.70. The molecule has 2 N–H and O–H groups in total. The van der Waals surface area contributed by atoms with Gasteiger partial charge in [-0.1, -0.05) is 6.07 Å². The quantitative estimate of drug-likeness (QED) is 0.653. The maximum absolute atomic E-state index is 13.6. The lowest BCUT2D eigenvalue weighted by molar-refractivity contribution is 0.527. The lowest BCUT2D eigenvalue weighted by Crippen LogP contribution is -1.93. The Hall–Kier alpha value is -2.37. The van der Waals surface area contributed by atoms with Crippen molar-refractivity contribution >= 4 is 10.9 Å². The lowest BCUT2D eigenvalue weighted by Gasteiger charge is -1.94. The van der Waals surface area contributed by atoms with Gasteiger partial charge in [0.05, 0.1) is 5.56 Å². The van der Waals surface area contributed by atoms with E-state index in [2.05, 4.69) is 15.2 Å². The van der Waals surface area contributed by atoms with Crippen LogP contribution < -0.4 is 5.76 Å². The Balaban J connectivity index is 2.36. The molecule has 0 saturated carbocycles. The number of aromatic nitrogens is 3. The zero-order valence-electron chi connectivity index (χ0n) is 7.95. The van der Waals surface area contributed by atoms with Crippen molar-refractivity contribution in [2.75, 3.05) is 0 Å². The van der Waals surface area contributed by atoms with Crippen molar-refractivity contribution in [3.8, 4) is 11.5 Å². The summed E-state index contributed by atoms with van der Waals surface area (Å²) in [5, 5.41) is 6.15. The highest BCUT2D eigenvalue weighted by atomic mass is 19.1. The summed E-state index contributed by atoms with van der Waals surface area (Å²) in [7, 11) is 0. The molecule has 3 aromatic rings. The number of hydrogen-bond donors (Lipinski definition) is 2. The molecule has 2 heterocycles. The van der Waals surface area contributed by atoms with Crippen LogP contribution in [0.1, 0.15) is 0 Å². The third kappa shape index (κ3) is 1.16. The summed E-state index contributed by atoms with van der Waals surface area (Å²) in [5.41, 5.74) is 1.05. The third-order valence-electron chi connectivity index (χ3n) is 2.32. The fraction of sp³-hybridized carbons (Fsp3) is 0. The number of nitrogens with one attached hydrogen (secondary N) is 2. The van der Waals surface area contributed by atoms with Crippen LogP contribution in [0, 0.1) is 5.82 Å². The molecule has 0 aliphatic carbocycles. The molecule has 0 unspecified atom stereocenters. The topological polar surface area (TPSA) is 74.7 Å². The fourth-order valence-corrected chi connectivity index (χ4v) is 1.65. The van der Waals surface area contributed by atoms with Gasteiger partial charge in [0.15, 0.2) is 0 Å².